The van der Waals surface area contributed by atoms with Crippen LogP contribution >= 0.6 is 0 Å². The van der Waals surface area contributed by atoms with Gasteiger partial charge in [-0.25, -0.2) is 15.0 Å². The van der Waals surface area contributed by atoms with E-state index in [2.05, 4.69) is 19.9 Å². The number of rotatable bonds is 3. The lowest BCUT2D eigenvalue weighted by atomic mass is 9.77. The Hall–Kier alpha value is -1.77. The molecule has 7 nitrogen and oxygen atoms in total. The van der Waals surface area contributed by atoms with Crippen LogP contribution in [0.4, 0.5) is 0 Å². The molecule has 3 N–H and O–H groups in total. The maximum atomic E-state index is 6.04. The molecule has 1 fully saturated rings. The predicted octanol–water partition coefficient (Wildman–Crippen LogP) is 1.33. The van der Waals surface area contributed by atoms with E-state index < -0.39 is 18.3 Å². The minimum absolute atomic E-state index is 0.316. The fourth-order valence-electron chi connectivity index (χ4n) is 2.29. The van der Waals surface area contributed by atoms with Gasteiger partial charge in [-0.2, -0.15) is 0 Å². The first kappa shape index (κ1) is 15.1. The third-order valence-corrected chi connectivity index (χ3v) is 4.37. The molecule has 0 saturated carbocycles. The molecule has 0 aliphatic carbocycles. The van der Waals surface area contributed by atoms with Crippen molar-refractivity contribution in [1.29, 1.82) is 0 Å². The lowest BCUT2D eigenvalue weighted by Crippen LogP contribution is -2.41. The van der Waals surface area contributed by atoms with Crippen molar-refractivity contribution in [3.8, 4) is 0 Å². The molecule has 116 valence electrons. The Morgan fingerprint density at radius 2 is 1.91 bits per heavy atom. The van der Waals surface area contributed by atoms with Gasteiger partial charge < -0.3 is 20.0 Å². The number of aromatic amines is 1. The van der Waals surface area contributed by atoms with Crippen molar-refractivity contribution in [3.63, 3.8) is 0 Å². The zero-order valence-electron chi connectivity index (χ0n) is 13.3. The highest BCUT2D eigenvalue weighted by Crippen LogP contribution is 2.38. The normalized spacial score (nSPS) is 20.8. The van der Waals surface area contributed by atoms with Crippen molar-refractivity contribution < 1.29 is 9.31 Å². The van der Waals surface area contributed by atoms with Crippen LogP contribution < -0.4 is 5.73 Å². The van der Waals surface area contributed by atoms with E-state index in [4.69, 9.17) is 15.0 Å². The van der Waals surface area contributed by atoms with Crippen molar-refractivity contribution in [3.05, 3.63) is 23.8 Å². The zero-order valence-corrected chi connectivity index (χ0v) is 13.3. The fourth-order valence-corrected chi connectivity index (χ4v) is 2.29. The summed E-state index contributed by atoms with van der Waals surface area (Å²) in [6, 6.07) is 0. The molecule has 0 radical (unpaired) electrons. The van der Waals surface area contributed by atoms with E-state index in [-0.39, 0.29) is 0 Å². The highest BCUT2D eigenvalue weighted by Gasteiger charge is 2.52. The van der Waals surface area contributed by atoms with Crippen molar-refractivity contribution >= 4 is 24.4 Å². The van der Waals surface area contributed by atoms with Crippen LogP contribution in [-0.4, -0.2) is 44.8 Å². The molecule has 0 spiro atoms. The summed E-state index contributed by atoms with van der Waals surface area (Å²) in [7, 11) is -0.483. The topological polar surface area (TPSA) is 98.9 Å². The van der Waals surface area contributed by atoms with E-state index in [1.807, 2.05) is 33.8 Å². The second-order valence-electron chi connectivity index (χ2n) is 6.37. The Balaban J connectivity index is 1.97. The van der Waals surface area contributed by atoms with Crippen LogP contribution in [0.2, 0.25) is 0 Å². The standard InChI is InChI=1S/C14H20BN5O2/c1-13(2)14(3,4)22-15(21-13)9(6-16)5-10-11-12(19-7-17-10)20-8-18-11/h5,7-8H,6,16H2,1-4H3,(H,17,18,19,20). The van der Waals surface area contributed by atoms with Crippen LogP contribution in [0.5, 0.6) is 0 Å². The molecule has 0 bridgehead atoms. The van der Waals surface area contributed by atoms with Gasteiger partial charge in [0.15, 0.2) is 5.65 Å². The molecule has 0 aromatic carbocycles. The van der Waals surface area contributed by atoms with Crippen molar-refractivity contribution in [1.82, 2.24) is 19.9 Å². The molecular weight excluding hydrogens is 281 g/mol. The first-order valence-corrected chi connectivity index (χ1v) is 7.24. The lowest BCUT2D eigenvalue weighted by molar-refractivity contribution is 0.00578. The first-order valence-electron chi connectivity index (χ1n) is 7.24. The van der Waals surface area contributed by atoms with Gasteiger partial charge >= 0.3 is 7.12 Å². The van der Waals surface area contributed by atoms with Crippen LogP contribution in [-0.2, 0) is 9.31 Å². The number of H-pyrrole nitrogens is 1. The summed E-state index contributed by atoms with van der Waals surface area (Å²) in [5.41, 5.74) is 8.03. The number of nitrogens with two attached hydrogens (primary N) is 1. The van der Waals surface area contributed by atoms with E-state index in [0.717, 1.165) is 16.7 Å². The van der Waals surface area contributed by atoms with Gasteiger partial charge in [-0.05, 0) is 39.2 Å². The molecule has 0 unspecified atom stereocenters. The maximum absolute atomic E-state index is 6.04. The summed E-state index contributed by atoms with van der Waals surface area (Å²) in [6.45, 7) is 8.37. The van der Waals surface area contributed by atoms with Crippen molar-refractivity contribution in [2.75, 3.05) is 6.54 Å². The Morgan fingerprint density at radius 3 is 2.55 bits per heavy atom. The largest absolute Gasteiger partial charge is 0.491 e. The number of hydrogen-bond acceptors (Lipinski definition) is 6. The van der Waals surface area contributed by atoms with E-state index in [9.17, 15) is 0 Å². The molecule has 2 aromatic rings. The van der Waals surface area contributed by atoms with Crippen LogP contribution in [0.1, 0.15) is 33.4 Å². The predicted molar refractivity (Wildman–Crippen MR) is 84.8 cm³/mol. The van der Waals surface area contributed by atoms with Gasteiger partial charge in [-0.15, -0.1) is 0 Å². The van der Waals surface area contributed by atoms with Gasteiger partial charge in [-0.3, -0.25) is 0 Å². The molecule has 22 heavy (non-hydrogen) atoms. The van der Waals surface area contributed by atoms with Crippen LogP contribution in [0.15, 0.2) is 18.1 Å². The van der Waals surface area contributed by atoms with Crippen LogP contribution in [0.3, 0.4) is 0 Å². The third-order valence-electron chi connectivity index (χ3n) is 4.37. The number of aromatic nitrogens is 4. The van der Waals surface area contributed by atoms with E-state index >= 15 is 0 Å². The second kappa shape index (κ2) is 5.15. The quantitative estimate of drug-likeness (QED) is 0.830. The summed E-state index contributed by atoms with van der Waals surface area (Å²) >= 11 is 0. The Labute approximate surface area is 129 Å². The summed E-state index contributed by atoms with van der Waals surface area (Å²) < 4.78 is 12.1. The maximum Gasteiger partial charge on any atom is 0.491 e. The number of imidazole rings is 1. The highest BCUT2D eigenvalue weighted by molar-refractivity contribution is 6.56. The van der Waals surface area contributed by atoms with Crippen LogP contribution in [0.25, 0.3) is 17.2 Å². The molecule has 0 atom stereocenters. The van der Waals surface area contributed by atoms with Crippen molar-refractivity contribution in [2.45, 2.75) is 38.9 Å². The molecule has 1 aliphatic rings. The van der Waals surface area contributed by atoms with Gasteiger partial charge in [-0.1, -0.05) is 0 Å². The molecule has 3 heterocycles. The Kier molecular flexibility index (Phi) is 3.55. The SMILES string of the molecule is CC1(C)OB(C(=Cc2ncnc3nc[nH]c23)CN)OC1(C)C. The van der Waals surface area contributed by atoms with Gasteiger partial charge in [0, 0.05) is 6.54 Å². The minimum Gasteiger partial charge on any atom is -0.400 e. The monoisotopic (exact) mass is 301 g/mol. The summed E-state index contributed by atoms with van der Waals surface area (Å²) in [5, 5.41) is 0. The molecule has 8 heteroatoms. The van der Waals surface area contributed by atoms with E-state index in [1.54, 1.807) is 6.33 Å². The first-order chi connectivity index (χ1) is 10.3. The number of fused-ring (bicyclic) bond motifs is 1. The van der Waals surface area contributed by atoms with Gasteiger partial charge in [0.1, 0.15) is 11.8 Å². The lowest BCUT2D eigenvalue weighted by Gasteiger charge is -2.32. The zero-order chi connectivity index (χ0) is 16.0. The average molecular weight is 301 g/mol. The van der Waals surface area contributed by atoms with Gasteiger partial charge in [0.25, 0.3) is 0 Å². The van der Waals surface area contributed by atoms with E-state index in [1.165, 1.54) is 6.33 Å². The molecule has 1 saturated heterocycles. The number of nitrogens with zero attached hydrogens (tertiary/aromatic N) is 3. The molecule has 3 rings (SSSR count). The molecule has 2 aromatic heterocycles. The Bertz CT molecular complexity index is 709. The van der Waals surface area contributed by atoms with Crippen LogP contribution in [0, 0.1) is 0 Å². The molecular formula is C14H20BN5O2. The second-order valence-corrected chi connectivity index (χ2v) is 6.37. The van der Waals surface area contributed by atoms with E-state index in [0.29, 0.717) is 12.2 Å². The fraction of sp³-hybridized carbons (Fsp3) is 0.500. The third kappa shape index (κ3) is 2.43. The van der Waals surface area contributed by atoms with Gasteiger partial charge in [0.2, 0.25) is 0 Å². The number of nitrogens with one attached hydrogen (secondary N) is 1. The van der Waals surface area contributed by atoms with Crippen molar-refractivity contribution in [2.24, 2.45) is 5.73 Å². The minimum atomic E-state index is -0.483. The highest BCUT2D eigenvalue weighted by atomic mass is 16.7. The molecule has 1 aliphatic heterocycles. The number of hydrogen-bond donors (Lipinski definition) is 2. The van der Waals surface area contributed by atoms with Gasteiger partial charge in [0.05, 0.1) is 23.2 Å². The average Bonchev–Trinajstić information content (AvgIpc) is 2.99. The summed E-state index contributed by atoms with van der Waals surface area (Å²) in [6.07, 6.45) is 4.95. The Morgan fingerprint density at radius 1 is 1.23 bits per heavy atom. The summed E-state index contributed by atoms with van der Waals surface area (Å²) in [4.78, 5) is 15.6. The smallest absolute Gasteiger partial charge is 0.400 e. The molecule has 0 amide bonds. The summed E-state index contributed by atoms with van der Waals surface area (Å²) in [5.74, 6) is 0.